The lowest BCUT2D eigenvalue weighted by atomic mass is 9.96. The molecule has 0 aliphatic heterocycles. The van der Waals surface area contributed by atoms with Crippen molar-refractivity contribution in [2.75, 3.05) is 0 Å². The molecule has 0 aliphatic rings. The molecular formula is C12H15ClFNO. The minimum absolute atomic E-state index is 0.0298. The molecular weight excluding hydrogens is 229 g/mol. The first-order valence-electron chi connectivity index (χ1n) is 5.07. The number of Topliss-reactive ketones (excluding diaryl/α,β-unsaturated/α-hetero) is 1. The summed E-state index contributed by atoms with van der Waals surface area (Å²) < 4.78 is 12.9. The van der Waals surface area contributed by atoms with Crippen LogP contribution in [0.2, 0.25) is 5.02 Å². The van der Waals surface area contributed by atoms with E-state index in [1.54, 1.807) is 0 Å². The van der Waals surface area contributed by atoms with Gasteiger partial charge in [-0.05, 0) is 38.5 Å². The van der Waals surface area contributed by atoms with Crippen molar-refractivity contribution in [3.05, 3.63) is 34.6 Å². The van der Waals surface area contributed by atoms with Crippen molar-refractivity contribution in [1.29, 1.82) is 0 Å². The van der Waals surface area contributed by atoms with Gasteiger partial charge in [-0.1, -0.05) is 11.6 Å². The Morgan fingerprint density at radius 1 is 1.50 bits per heavy atom. The average Bonchev–Trinajstić information content (AvgIpc) is 2.17. The summed E-state index contributed by atoms with van der Waals surface area (Å²) >= 11 is 5.60. The Bertz CT molecular complexity index is 398. The van der Waals surface area contributed by atoms with Crippen molar-refractivity contribution in [3.63, 3.8) is 0 Å². The molecule has 0 heterocycles. The molecule has 0 spiro atoms. The van der Waals surface area contributed by atoms with Gasteiger partial charge in [-0.2, -0.15) is 0 Å². The van der Waals surface area contributed by atoms with E-state index in [2.05, 4.69) is 0 Å². The van der Waals surface area contributed by atoms with Crippen molar-refractivity contribution >= 4 is 17.4 Å². The largest absolute Gasteiger partial charge is 0.326 e. The van der Waals surface area contributed by atoms with Crippen molar-refractivity contribution in [2.45, 2.75) is 32.2 Å². The SMILES string of the molecule is CC(C)(N)CCC(=O)c1ccc(F)c(Cl)c1. The van der Waals surface area contributed by atoms with Gasteiger partial charge in [-0.25, -0.2) is 4.39 Å². The molecule has 0 amide bonds. The lowest BCUT2D eigenvalue weighted by molar-refractivity contribution is 0.0972. The van der Waals surface area contributed by atoms with Crippen LogP contribution in [0.3, 0.4) is 0 Å². The third kappa shape index (κ3) is 3.91. The number of carbonyl (C=O) groups excluding carboxylic acids is 1. The van der Waals surface area contributed by atoms with Crippen LogP contribution < -0.4 is 5.73 Å². The molecule has 1 aromatic carbocycles. The van der Waals surface area contributed by atoms with E-state index >= 15 is 0 Å². The summed E-state index contributed by atoms with van der Waals surface area (Å²) in [6.07, 6.45) is 0.923. The van der Waals surface area contributed by atoms with Crippen LogP contribution >= 0.6 is 11.6 Å². The Kier molecular flexibility index (Phi) is 4.05. The lowest BCUT2D eigenvalue weighted by Crippen LogP contribution is -2.32. The first-order valence-corrected chi connectivity index (χ1v) is 5.44. The molecule has 0 radical (unpaired) electrons. The van der Waals surface area contributed by atoms with E-state index in [0.717, 1.165) is 0 Å². The van der Waals surface area contributed by atoms with E-state index in [0.29, 0.717) is 18.4 Å². The number of nitrogens with two attached hydrogens (primary N) is 1. The monoisotopic (exact) mass is 243 g/mol. The van der Waals surface area contributed by atoms with Gasteiger partial charge < -0.3 is 5.73 Å². The van der Waals surface area contributed by atoms with Gasteiger partial charge in [0.2, 0.25) is 0 Å². The molecule has 0 aliphatic carbocycles. The van der Waals surface area contributed by atoms with Gasteiger partial charge in [-0.3, -0.25) is 4.79 Å². The van der Waals surface area contributed by atoms with Crippen molar-refractivity contribution in [3.8, 4) is 0 Å². The van der Waals surface area contributed by atoms with Crippen LogP contribution in [0.1, 0.15) is 37.0 Å². The van der Waals surface area contributed by atoms with E-state index in [4.69, 9.17) is 17.3 Å². The van der Waals surface area contributed by atoms with Crippen LogP contribution in [0, 0.1) is 5.82 Å². The summed E-state index contributed by atoms with van der Waals surface area (Å²) in [5.74, 6) is -0.585. The Labute approximate surface area is 99.6 Å². The molecule has 1 rings (SSSR count). The Morgan fingerprint density at radius 3 is 2.62 bits per heavy atom. The zero-order valence-electron chi connectivity index (χ0n) is 9.39. The molecule has 0 bridgehead atoms. The molecule has 0 fully saturated rings. The van der Waals surface area contributed by atoms with Crippen LogP contribution in [0.25, 0.3) is 0 Å². The van der Waals surface area contributed by atoms with Crippen molar-refractivity contribution < 1.29 is 9.18 Å². The maximum atomic E-state index is 12.9. The molecule has 88 valence electrons. The van der Waals surface area contributed by atoms with Crippen molar-refractivity contribution in [2.24, 2.45) is 5.73 Å². The molecule has 16 heavy (non-hydrogen) atoms. The zero-order valence-corrected chi connectivity index (χ0v) is 10.1. The molecule has 0 unspecified atom stereocenters. The average molecular weight is 244 g/mol. The van der Waals surface area contributed by atoms with Gasteiger partial charge in [0.15, 0.2) is 5.78 Å². The minimum Gasteiger partial charge on any atom is -0.326 e. The van der Waals surface area contributed by atoms with Crippen LogP contribution in [-0.4, -0.2) is 11.3 Å². The topological polar surface area (TPSA) is 43.1 Å². The van der Waals surface area contributed by atoms with Gasteiger partial charge in [0.1, 0.15) is 5.82 Å². The van der Waals surface area contributed by atoms with Gasteiger partial charge in [0.05, 0.1) is 5.02 Å². The number of hydrogen-bond donors (Lipinski definition) is 1. The highest BCUT2D eigenvalue weighted by Crippen LogP contribution is 2.18. The van der Waals surface area contributed by atoms with Gasteiger partial charge >= 0.3 is 0 Å². The Hall–Kier alpha value is -0.930. The highest BCUT2D eigenvalue weighted by molar-refractivity contribution is 6.31. The first kappa shape index (κ1) is 13.1. The second-order valence-electron chi connectivity index (χ2n) is 4.54. The number of benzene rings is 1. The zero-order chi connectivity index (χ0) is 12.3. The molecule has 0 aromatic heterocycles. The highest BCUT2D eigenvalue weighted by Gasteiger charge is 2.15. The maximum absolute atomic E-state index is 12.9. The quantitative estimate of drug-likeness (QED) is 0.826. The van der Waals surface area contributed by atoms with E-state index in [1.165, 1.54) is 18.2 Å². The summed E-state index contributed by atoms with van der Waals surface area (Å²) in [5, 5.41) is -0.0298. The van der Waals surface area contributed by atoms with Crippen LogP contribution in [0.5, 0.6) is 0 Å². The number of rotatable bonds is 4. The standard InChI is InChI=1S/C12H15ClFNO/c1-12(2,15)6-5-11(16)8-3-4-10(14)9(13)7-8/h3-4,7H,5-6,15H2,1-2H3. The molecule has 0 saturated heterocycles. The number of halogens is 2. The predicted molar refractivity (Wildman–Crippen MR) is 63.2 cm³/mol. The summed E-state index contributed by atoms with van der Waals surface area (Å²) in [6, 6.07) is 3.99. The Morgan fingerprint density at radius 2 is 2.12 bits per heavy atom. The fraction of sp³-hybridized carbons (Fsp3) is 0.417. The lowest BCUT2D eigenvalue weighted by Gasteiger charge is -2.17. The third-order valence-corrected chi connectivity index (χ3v) is 2.53. The molecule has 2 nitrogen and oxygen atoms in total. The van der Waals surface area contributed by atoms with E-state index in [9.17, 15) is 9.18 Å². The van der Waals surface area contributed by atoms with Gasteiger partial charge in [-0.15, -0.1) is 0 Å². The summed E-state index contributed by atoms with van der Waals surface area (Å²) in [5.41, 5.74) is 5.83. The smallest absolute Gasteiger partial charge is 0.162 e. The molecule has 0 saturated carbocycles. The molecule has 4 heteroatoms. The number of hydrogen-bond acceptors (Lipinski definition) is 2. The maximum Gasteiger partial charge on any atom is 0.162 e. The van der Waals surface area contributed by atoms with Crippen LogP contribution in [-0.2, 0) is 0 Å². The highest BCUT2D eigenvalue weighted by atomic mass is 35.5. The third-order valence-electron chi connectivity index (χ3n) is 2.24. The fourth-order valence-corrected chi connectivity index (χ4v) is 1.43. The summed E-state index contributed by atoms with van der Waals surface area (Å²) in [4.78, 5) is 11.7. The fourth-order valence-electron chi connectivity index (χ4n) is 1.25. The minimum atomic E-state index is -0.516. The normalized spacial score (nSPS) is 11.6. The molecule has 1 aromatic rings. The summed E-state index contributed by atoms with van der Waals surface area (Å²) in [6.45, 7) is 3.72. The molecule has 0 atom stereocenters. The van der Waals surface area contributed by atoms with Crippen LogP contribution in [0.4, 0.5) is 4.39 Å². The van der Waals surface area contributed by atoms with E-state index in [1.807, 2.05) is 13.8 Å². The predicted octanol–water partition coefficient (Wildman–Crippen LogP) is 3.18. The number of carbonyl (C=O) groups is 1. The second-order valence-corrected chi connectivity index (χ2v) is 4.95. The summed E-state index contributed by atoms with van der Waals surface area (Å²) in [7, 11) is 0. The van der Waals surface area contributed by atoms with Gasteiger partial charge in [0.25, 0.3) is 0 Å². The van der Waals surface area contributed by atoms with E-state index < -0.39 is 5.82 Å². The second kappa shape index (κ2) is 4.93. The number of ketones is 1. The Balaban J connectivity index is 2.70. The molecule has 2 N–H and O–H groups in total. The van der Waals surface area contributed by atoms with Gasteiger partial charge in [0, 0.05) is 17.5 Å². The first-order chi connectivity index (χ1) is 7.29. The van der Waals surface area contributed by atoms with Crippen molar-refractivity contribution in [1.82, 2.24) is 0 Å². The van der Waals surface area contributed by atoms with Crippen LogP contribution in [0.15, 0.2) is 18.2 Å². The van der Waals surface area contributed by atoms with E-state index in [-0.39, 0.29) is 16.3 Å².